The summed E-state index contributed by atoms with van der Waals surface area (Å²) in [4.78, 5) is 41.9. The zero-order valence-corrected chi connectivity index (χ0v) is 23.7. The van der Waals surface area contributed by atoms with Crippen LogP contribution >= 0.6 is 12.6 Å². The summed E-state index contributed by atoms with van der Waals surface area (Å²) in [5.41, 5.74) is 2.08. The van der Waals surface area contributed by atoms with Crippen molar-refractivity contribution in [3.8, 4) is 0 Å². The van der Waals surface area contributed by atoms with Crippen LogP contribution in [0.4, 0.5) is 4.79 Å². The summed E-state index contributed by atoms with van der Waals surface area (Å²) >= 11 is 4.36. The van der Waals surface area contributed by atoms with Crippen molar-refractivity contribution >= 4 is 30.5 Å². The van der Waals surface area contributed by atoms with Gasteiger partial charge in [-0.3, -0.25) is 9.59 Å². The minimum Gasteiger partial charge on any atom is -0.444 e. The van der Waals surface area contributed by atoms with Gasteiger partial charge in [0.05, 0.1) is 0 Å². The molecule has 0 aliphatic heterocycles. The average molecular weight is 520 g/mol. The molecule has 1 aromatic carbocycles. The second-order valence-corrected chi connectivity index (χ2v) is 11.2. The molecule has 2 atom stereocenters. The second kappa shape index (κ2) is 13.9. The molecule has 0 saturated heterocycles. The van der Waals surface area contributed by atoms with E-state index in [2.05, 4.69) is 23.3 Å². The molecular formula is C28H45N3O4S. The molecule has 7 nitrogen and oxygen atoms in total. The van der Waals surface area contributed by atoms with E-state index >= 15 is 0 Å². The molecule has 0 aromatic heterocycles. The first-order valence-electron chi connectivity index (χ1n) is 13.2. The highest BCUT2D eigenvalue weighted by Gasteiger charge is 2.37. The van der Waals surface area contributed by atoms with E-state index in [0.29, 0.717) is 6.54 Å². The highest BCUT2D eigenvalue weighted by molar-refractivity contribution is 7.80. The van der Waals surface area contributed by atoms with Crippen molar-refractivity contribution in [3.05, 3.63) is 34.9 Å². The van der Waals surface area contributed by atoms with Crippen LogP contribution < -0.4 is 10.6 Å². The van der Waals surface area contributed by atoms with Gasteiger partial charge in [0.25, 0.3) is 0 Å². The fourth-order valence-electron chi connectivity index (χ4n) is 4.56. The number of nitrogens with zero attached hydrogens (tertiary/aromatic N) is 1. The van der Waals surface area contributed by atoms with E-state index < -0.39 is 23.8 Å². The van der Waals surface area contributed by atoms with Crippen molar-refractivity contribution in [1.29, 1.82) is 0 Å². The van der Waals surface area contributed by atoms with Crippen molar-refractivity contribution < 1.29 is 19.1 Å². The zero-order valence-electron chi connectivity index (χ0n) is 22.9. The number of aryl methyl sites for hydroxylation is 2. The van der Waals surface area contributed by atoms with Gasteiger partial charge < -0.3 is 20.3 Å². The van der Waals surface area contributed by atoms with Gasteiger partial charge in [0.1, 0.15) is 17.7 Å². The lowest BCUT2D eigenvalue weighted by atomic mass is 9.93. The van der Waals surface area contributed by atoms with E-state index in [4.69, 9.17) is 4.74 Å². The first kappa shape index (κ1) is 30.0. The van der Waals surface area contributed by atoms with Crippen LogP contribution in [0.25, 0.3) is 0 Å². The molecule has 2 N–H and O–H groups in total. The molecule has 8 heteroatoms. The Hall–Kier alpha value is -2.22. The molecule has 36 heavy (non-hydrogen) atoms. The zero-order chi connectivity index (χ0) is 26.9. The number of hydrogen-bond acceptors (Lipinski definition) is 5. The molecule has 0 spiro atoms. The Morgan fingerprint density at radius 2 is 1.81 bits per heavy atom. The minimum absolute atomic E-state index is 0.0878. The van der Waals surface area contributed by atoms with Crippen molar-refractivity contribution in [3.63, 3.8) is 0 Å². The Balaban J connectivity index is 2.44. The smallest absolute Gasteiger partial charge is 0.408 e. The van der Waals surface area contributed by atoms with E-state index in [0.717, 1.165) is 55.2 Å². The van der Waals surface area contributed by atoms with Gasteiger partial charge in [0, 0.05) is 18.3 Å². The molecule has 0 heterocycles. The van der Waals surface area contributed by atoms with Crippen LogP contribution in [0.1, 0.15) is 95.4 Å². The third kappa shape index (κ3) is 9.02. The van der Waals surface area contributed by atoms with E-state index in [-0.39, 0.29) is 23.6 Å². The van der Waals surface area contributed by atoms with E-state index in [9.17, 15) is 14.4 Å². The summed E-state index contributed by atoms with van der Waals surface area (Å²) < 4.78 is 5.37. The van der Waals surface area contributed by atoms with Crippen molar-refractivity contribution in [2.75, 3.05) is 12.3 Å². The summed E-state index contributed by atoms with van der Waals surface area (Å²) in [6.07, 6.45) is 6.20. The normalized spacial score (nSPS) is 16.1. The van der Waals surface area contributed by atoms with Gasteiger partial charge in [-0.1, -0.05) is 56.4 Å². The van der Waals surface area contributed by atoms with Crippen LogP contribution in [0.15, 0.2) is 18.2 Å². The lowest BCUT2D eigenvalue weighted by molar-refractivity contribution is -0.142. The summed E-state index contributed by atoms with van der Waals surface area (Å²) in [6, 6.07) is 4.38. The van der Waals surface area contributed by atoms with E-state index in [1.54, 1.807) is 25.7 Å². The number of unbranched alkanes of at least 4 members (excludes halogenated alkanes) is 1. The van der Waals surface area contributed by atoms with E-state index in [1.165, 1.54) is 6.42 Å². The highest BCUT2D eigenvalue weighted by atomic mass is 32.1. The maximum Gasteiger partial charge on any atom is 0.408 e. The fourth-order valence-corrected chi connectivity index (χ4v) is 4.81. The van der Waals surface area contributed by atoms with Gasteiger partial charge in [0.15, 0.2) is 0 Å². The molecule has 1 fully saturated rings. The van der Waals surface area contributed by atoms with E-state index in [1.807, 2.05) is 39.0 Å². The molecule has 202 valence electrons. The monoisotopic (exact) mass is 519 g/mol. The highest BCUT2D eigenvalue weighted by Crippen LogP contribution is 2.28. The number of carbonyl (C=O) groups excluding carboxylic acids is 3. The Bertz CT molecular complexity index is 893. The number of nitrogens with one attached hydrogen (secondary N) is 2. The van der Waals surface area contributed by atoms with Crippen LogP contribution in [0.3, 0.4) is 0 Å². The van der Waals surface area contributed by atoms with Crippen molar-refractivity contribution in [2.45, 2.75) is 110 Å². The third-order valence-electron chi connectivity index (χ3n) is 6.45. The standard InChI is InChI=1S/C28H45N3O4S/c1-7-8-16-31(26(33)23(18-36)30-27(34)35-28(4,5)6)24(22-17-19(2)14-15-20(22)3)25(32)29-21-12-10-9-11-13-21/h14-15,17,21,23-24,36H,7-13,16,18H2,1-6H3,(H,29,32)(H,30,34). The number of alkyl carbamates (subject to hydrolysis) is 1. The van der Waals surface area contributed by atoms with Crippen molar-refractivity contribution in [1.82, 2.24) is 15.5 Å². The molecule has 1 saturated carbocycles. The first-order chi connectivity index (χ1) is 17.0. The maximum atomic E-state index is 13.9. The van der Waals surface area contributed by atoms with Gasteiger partial charge >= 0.3 is 6.09 Å². The minimum atomic E-state index is -0.921. The van der Waals surface area contributed by atoms with Crippen LogP contribution in [0, 0.1) is 13.8 Å². The lowest BCUT2D eigenvalue weighted by Crippen LogP contribution is -2.54. The molecule has 2 rings (SSSR count). The number of benzene rings is 1. The Morgan fingerprint density at radius 3 is 2.39 bits per heavy atom. The molecule has 0 bridgehead atoms. The van der Waals surface area contributed by atoms with Crippen LogP contribution in [-0.4, -0.2) is 52.8 Å². The predicted octanol–water partition coefficient (Wildman–Crippen LogP) is 5.25. The number of amides is 3. The maximum absolute atomic E-state index is 13.9. The Morgan fingerprint density at radius 1 is 1.14 bits per heavy atom. The number of ether oxygens (including phenoxy) is 1. The molecule has 1 aliphatic carbocycles. The topological polar surface area (TPSA) is 87.7 Å². The number of hydrogen-bond donors (Lipinski definition) is 3. The molecular weight excluding hydrogens is 474 g/mol. The number of carbonyl (C=O) groups is 3. The predicted molar refractivity (Wildman–Crippen MR) is 147 cm³/mol. The molecule has 2 unspecified atom stereocenters. The Labute approximate surface area is 222 Å². The largest absolute Gasteiger partial charge is 0.444 e. The molecule has 0 radical (unpaired) electrons. The number of thiol groups is 1. The number of rotatable bonds is 10. The molecule has 3 amide bonds. The SMILES string of the molecule is CCCCN(C(=O)C(CS)NC(=O)OC(C)(C)C)C(C(=O)NC1CCCCC1)c1cc(C)ccc1C. The quantitative estimate of drug-likeness (QED) is 0.369. The van der Waals surface area contributed by atoms with Crippen LogP contribution in [0.2, 0.25) is 0 Å². The second-order valence-electron chi connectivity index (χ2n) is 10.9. The summed E-state index contributed by atoms with van der Waals surface area (Å²) in [5.74, 6) is -0.422. The summed E-state index contributed by atoms with van der Waals surface area (Å²) in [6.45, 7) is 11.7. The third-order valence-corrected chi connectivity index (χ3v) is 6.81. The lowest BCUT2D eigenvalue weighted by Gasteiger charge is -2.36. The van der Waals surface area contributed by atoms with Crippen LogP contribution in [0.5, 0.6) is 0 Å². The van der Waals surface area contributed by atoms with Gasteiger partial charge in [0.2, 0.25) is 11.8 Å². The summed E-state index contributed by atoms with van der Waals surface area (Å²) in [7, 11) is 0. The fraction of sp³-hybridized carbons (Fsp3) is 0.679. The van der Waals surface area contributed by atoms with Gasteiger partial charge in [-0.2, -0.15) is 12.6 Å². The molecule has 1 aliphatic rings. The van der Waals surface area contributed by atoms with Gasteiger partial charge in [-0.05, 0) is 65.0 Å². The average Bonchev–Trinajstić information content (AvgIpc) is 2.81. The van der Waals surface area contributed by atoms with Gasteiger partial charge in [-0.15, -0.1) is 0 Å². The Kier molecular flexibility index (Phi) is 11.6. The molecule has 1 aromatic rings. The summed E-state index contributed by atoms with van der Waals surface area (Å²) in [5, 5.41) is 5.91. The van der Waals surface area contributed by atoms with Crippen LogP contribution in [-0.2, 0) is 14.3 Å². The first-order valence-corrected chi connectivity index (χ1v) is 13.9. The van der Waals surface area contributed by atoms with Crippen molar-refractivity contribution in [2.24, 2.45) is 0 Å². The van der Waals surface area contributed by atoms with Gasteiger partial charge in [-0.25, -0.2) is 4.79 Å².